The summed E-state index contributed by atoms with van der Waals surface area (Å²) in [6, 6.07) is -0.561. The Balaban J connectivity index is 1.19. The highest BCUT2D eigenvalue weighted by Crippen LogP contribution is 2.39. The number of amides is 1. The molecule has 3 unspecified atom stereocenters. The minimum Gasteiger partial charge on any atom is -0.373 e. The maximum Gasteiger partial charge on any atom is 0.393 e. The monoisotopic (exact) mass is 553 g/mol. The number of hydrogen-bond acceptors (Lipinski definition) is 6. The Morgan fingerprint density at radius 1 is 1.00 bits per heavy atom. The van der Waals surface area contributed by atoms with Crippen LogP contribution in [0.1, 0.15) is 52.9 Å². The van der Waals surface area contributed by atoms with Crippen molar-refractivity contribution in [2.24, 2.45) is 11.3 Å². The number of carbonyl (C=O) groups is 1. The number of nitrogens with zero attached hydrogens (tertiary/aromatic N) is 4. The van der Waals surface area contributed by atoms with Gasteiger partial charge in [-0.3, -0.25) is 9.69 Å². The molecule has 3 atom stereocenters. The second kappa shape index (κ2) is 12.7. The van der Waals surface area contributed by atoms with E-state index in [1.54, 1.807) is 6.08 Å². The van der Waals surface area contributed by atoms with Crippen LogP contribution in [0.3, 0.4) is 0 Å². The highest BCUT2D eigenvalue weighted by atomic mass is 19.4. The third-order valence-electron chi connectivity index (χ3n) is 8.82. The molecule has 2 aliphatic carbocycles. The van der Waals surface area contributed by atoms with E-state index in [9.17, 15) is 18.0 Å². The van der Waals surface area contributed by atoms with Gasteiger partial charge in [-0.25, -0.2) is 5.48 Å². The van der Waals surface area contributed by atoms with E-state index >= 15 is 0 Å². The lowest BCUT2D eigenvalue weighted by Crippen LogP contribution is -2.50. The number of hydroxylamine groups is 1. The molecule has 0 radical (unpaired) electrons. The van der Waals surface area contributed by atoms with Crippen molar-refractivity contribution in [3.63, 3.8) is 0 Å². The second-order valence-corrected chi connectivity index (χ2v) is 12.4. The molecule has 0 spiro atoms. The van der Waals surface area contributed by atoms with E-state index in [0.717, 1.165) is 45.6 Å². The Bertz CT molecular complexity index is 934. The van der Waals surface area contributed by atoms with E-state index < -0.39 is 18.1 Å². The van der Waals surface area contributed by atoms with E-state index in [4.69, 9.17) is 5.21 Å². The first-order valence-corrected chi connectivity index (χ1v) is 14.5. The minimum absolute atomic E-state index is 0.129. The summed E-state index contributed by atoms with van der Waals surface area (Å²) in [6.07, 6.45) is 6.68. The third kappa shape index (κ3) is 7.86. The van der Waals surface area contributed by atoms with Gasteiger partial charge in [0.1, 0.15) is 0 Å². The van der Waals surface area contributed by atoms with Gasteiger partial charge in [0.25, 0.3) is 0 Å². The van der Waals surface area contributed by atoms with Gasteiger partial charge < -0.3 is 19.9 Å². The molecule has 10 heteroatoms. The van der Waals surface area contributed by atoms with E-state index in [2.05, 4.69) is 48.8 Å². The lowest BCUT2D eigenvalue weighted by molar-refractivity contribution is -0.191. The van der Waals surface area contributed by atoms with Gasteiger partial charge in [0.05, 0.1) is 5.92 Å². The first-order valence-electron chi connectivity index (χ1n) is 14.5. The van der Waals surface area contributed by atoms with E-state index in [1.165, 1.54) is 5.57 Å². The zero-order chi connectivity index (χ0) is 28.2. The molecule has 0 aromatic rings. The van der Waals surface area contributed by atoms with Crippen molar-refractivity contribution >= 4 is 5.91 Å². The number of alkyl halides is 3. The van der Waals surface area contributed by atoms with E-state index in [1.807, 2.05) is 15.3 Å². The maximum absolute atomic E-state index is 13.5. The van der Waals surface area contributed by atoms with E-state index in [-0.39, 0.29) is 24.2 Å². The molecule has 7 nitrogen and oxygen atoms in total. The van der Waals surface area contributed by atoms with Crippen molar-refractivity contribution < 1.29 is 23.2 Å². The maximum atomic E-state index is 13.5. The number of hydrogen-bond donors (Lipinski definition) is 2. The topological polar surface area (TPSA) is 62.3 Å². The number of nitrogens with one attached hydrogen (secondary N) is 1. The summed E-state index contributed by atoms with van der Waals surface area (Å²) in [5.41, 5.74) is 4.10. The van der Waals surface area contributed by atoms with Crippen LogP contribution >= 0.6 is 0 Å². The normalized spacial score (nSPS) is 28.2. The summed E-state index contributed by atoms with van der Waals surface area (Å²) in [5, 5.41) is 9.16. The Morgan fingerprint density at radius 3 is 2.36 bits per heavy atom. The SMILES string of the molecule is CC(C)(C)C1=CCC(N2CCN(CCC(=O)N3CCCN(C4=CCC(NO)C(C(F)(F)F)C4)CC3)CC2)C=C1. The molecule has 0 aromatic heterocycles. The summed E-state index contributed by atoms with van der Waals surface area (Å²) >= 11 is 0. The van der Waals surface area contributed by atoms with Crippen molar-refractivity contribution in [2.75, 3.05) is 58.9 Å². The molecule has 0 aromatic carbocycles. The highest BCUT2D eigenvalue weighted by Gasteiger charge is 2.46. The van der Waals surface area contributed by atoms with Crippen molar-refractivity contribution in [1.82, 2.24) is 25.1 Å². The smallest absolute Gasteiger partial charge is 0.373 e. The Morgan fingerprint density at radius 2 is 1.74 bits per heavy atom. The van der Waals surface area contributed by atoms with Gasteiger partial charge in [-0.05, 0) is 30.3 Å². The summed E-state index contributed by atoms with van der Waals surface area (Å²) in [6.45, 7) is 13.8. The molecule has 1 amide bonds. The molecule has 220 valence electrons. The lowest BCUT2D eigenvalue weighted by Gasteiger charge is -2.39. The molecule has 2 fully saturated rings. The van der Waals surface area contributed by atoms with Crippen LogP contribution < -0.4 is 5.48 Å². The third-order valence-corrected chi connectivity index (χ3v) is 8.82. The zero-order valence-electron chi connectivity index (χ0n) is 23.7. The Labute approximate surface area is 231 Å². The average molecular weight is 554 g/mol. The fourth-order valence-corrected chi connectivity index (χ4v) is 6.24. The van der Waals surface area contributed by atoms with Gasteiger partial charge in [-0.2, -0.15) is 13.2 Å². The number of piperazine rings is 1. The van der Waals surface area contributed by atoms with Crippen molar-refractivity contribution in [3.8, 4) is 0 Å². The molecule has 0 bridgehead atoms. The van der Waals surface area contributed by atoms with Crippen molar-refractivity contribution in [2.45, 2.75) is 71.1 Å². The predicted octanol–water partition coefficient (Wildman–Crippen LogP) is 4.03. The first kappa shape index (κ1) is 30.1. The van der Waals surface area contributed by atoms with Gasteiger partial charge in [0.15, 0.2) is 0 Å². The average Bonchev–Trinajstić information content (AvgIpc) is 3.17. The quantitative estimate of drug-likeness (QED) is 0.485. The fourth-order valence-electron chi connectivity index (χ4n) is 6.24. The van der Waals surface area contributed by atoms with Crippen molar-refractivity contribution in [1.29, 1.82) is 0 Å². The zero-order valence-corrected chi connectivity index (χ0v) is 23.7. The number of halogens is 3. The van der Waals surface area contributed by atoms with Crippen LogP contribution in [-0.2, 0) is 4.79 Å². The van der Waals surface area contributed by atoms with Crippen LogP contribution in [0.4, 0.5) is 13.2 Å². The minimum atomic E-state index is -4.38. The Hall–Kier alpha value is -1.88. The summed E-state index contributed by atoms with van der Waals surface area (Å²) < 4.78 is 40.5. The Kier molecular flexibility index (Phi) is 9.83. The largest absolute Gasteiger partial charge is 0.393 e. The predicted molar refractivity (Wildman–Crippen MR) is 146 cm³/mol. The van der Waals surface area contributed by atoms with Crippen LogP contribution in [0.2, 0.25) is 0 Å². The van der Waals surface area contributed by atoms with Crippen LogP contribution in [0, 0.1) is 11.3 Å². The van der Waals surface area contributed by atoms with Crippen LogP contribution in [0.25, 0.3) is 0 Å². The summed E-state index contributed by atoms with van der Waals surface area (Å²) in [4.78, 5) is 21.8. The number of allylic oxidation sites excluding steroid dienone is 3. The van der Waals surface area contributed by atoms with Gasteiger partial charge in [-0.15, -0.1) is 0 Å². The molecular weight excluding hydrogens is 507 g/mol. The highest BCUT2D eigenvalue weighted by molar-refractivity contribution is 5.76. The van der Waals surface area contributed by atoms with Gasteiger partial charge >= 0.3 is 6.18 Å². The van der Waals surface area contributed by atoms with Gasteiger partial charge in [-0.1, -0.05) is 45.1 Å². The fraction of sp³-hybridized carbons (Fsp3) is 0.759. The summed E-state index contributed by atoms with van der Waals surface area (Å²) in [7, 11) is 0. The summed E-state index contributed by atoms with van der Waals surface area (Å²) in [5.74, 6) is -1.49. The lowest BCUT2D eigenvalue weighted by atomic mass is 9.82. The molecule has 2 saturated heterocycles. The number of carbonyl (C=O) groups excluding carboxylic acids is 1. The van der Waals surface area contributed by atoms with Gasteiger partial charge in [0, 0.05) is 89.5 Å². The van der Waals surface area contributed by atoms with Crippen LogP contribution in [0.15, 0.2) is 35.6 Å². The molecular formula is C29H46F3N5O2. The van der Waals surface area contributed by atoms with Gasteiger partial charge in [0.2, 0.25) is 5.91 Å². The number of rotatable bonds is 6. The second-order valence-electron chi connectivity index (χ2n) is 12.4. The molecule has 39 heavy (non-hydrogen) atoms. The molecule has 4 rings (SSSR count). The van der Waals surface area contributed by atoms with E-state index in [0.29, 0.717) is 44.3 Å². The first-order chi connectivity index (χ1) is 18.5. The van der Waals surface area contributed by atoms with Crippen molar-refractivity contribution in [3.05, 3.63) is 35.6 Å². The molecule has 2 aliphatic heterocycles. The van der Waals surface area contributed by atoms with Crippen LogP contribution in [-0.4, -0.2) is 108 Å². The molecule has 4 aliphatic rings. The molecule has 2 N–H and O–H groups in total. The molecule has 2 heterocycles. The van der Waals surface area contributed by atoms with Crippen LogP contribution in [0.5, 0.6) is 0 Å². The molecule has 0 saturated carbocycles. The standard InChI is InChI=1S/C29H46F3N5O2/c1-28(2,3)22-5-7-23(8-6-22)36-17-15-34(16-18-36)14-11-27(38)37-13-4-12-35(19-20-37)24-9-10-26(33-39)25(21-24)29(30,31)32/h5-7,9,23,25-26,33,39H,4,8,10-21H2,1-3H3.